The number of aromatic nitrogens is 1. The molecule has 0 N–H and O–H groups in total. The summed E-state index contributed by atoms with van der Waals surface area (Å²) in [6.45, 7) is 3.32. The van der Waals surface area contributed by atoms with E-state index in [0.717, 1.165) is 0 Å². The van der Waals surface area contributed by atoms with Crippen molar-refractivity contribution in [2.75, 3.05) is 19.7 Å². The van der Waals surface area contributed by atoms with Crippen molar-refractivity contribution < 1.29 is 27.4 Å². The molecular formula is C16H21F3N2O3. The van der Waals surface area contributed by atoms with Gasteiger partial charge in [-0.2, -0.15) is 13.2 Å². The number of amides is 1. The van der Waals surface area contributed by atoms with E-state index in [2.05, 4.69) is 4.98 Å². The number of halogens is 3. The second-order valence-electron chi connectivity index (χ2n) is 5.98. The van der Waals surface area contributed by atoms with Crippen LogP contribution in [-0.4, -0.2) is 47.8 Å². The van der Waals surface area contributed by atoms with Crippen molar-refractivity contribution in [1.29, 1.82) is 0 Å². The second-order valence-corrected chi connectivity index (χ2v) is 5.98. The van der Waals surface area contributed by atoms with Gasteiger partial charge in [0.15, 0.2) is 12.4 Å². The molecule has 1 aliphatic rings. The summed E-state index contributed by atoms with van der Waals surface area (Å²) in [6.07, 6.45) is -2.47. The number of pyridine rings is 1. The monoisotopic (exact) mass is 346 g/mol. The Morgan fingerprint density at radius 2 is 2.21 bits per heavy atom. The van der Waals surface area contributed by atoms with Crippen LogP contribution in [0.3, 0.4) is 0 Å². The third-order valence-corrected chi connectivity index (χ3v) is 3.67. The molecule has 2 heterocycles. The predicted octanol–water partition coefficient (Wildman–Crippen LogP) is 3.05. The molecular weight excluding hydrogens is 325 g/mol. The first kappa shape index (κ1) is 18.4. The number of ether oxygens (including phenoxy) is 2. The highest BCUT2D eigenvalue weighted by atomic mass is 19.4. The van der Waals surface area contributed by atoms with Crippen LogP contribution in [0.25, 0.3) is 0 Å². The fourth-order valence-electron chi connectivity index (χ4n) is 2.50. The highest BCUT2D eigenvalue weighted by Crippen LogP contribution is 2.33. The van der Waals surface area contributed by atoms with Gasteiger partial charge in [-0.3, -0.25) is 4.79 Å². The Hall–Kier alpha value is -1.99. The van der Waals surface area contributed by atoms with Gasteiger partial charge < -0.3 is 14.4 Å². The average molecular weight is 346 g/mol. The number of nitrogens with zero attached hydrogens (tertiary/aromatic N) is 2. The summed E-state index contributed by atoms with van der Waals surface area (Å²) in [5, 5.41) is 0. The molecule has 1 unspecified atom stereocenters. The highest BCUT2D eigenvalue weighted by molar-refractivity contribution is 5.78. The molecule has 2 rings (SSSR count). The molecule has 0 aromatic carbocycles. The first-order valence-electron chi connectivity index (χ1n) is 7.86. The van der Waals surface area contributed by atoms with Crippen LogP contribution < -0.4 is 9.47 Å². The number of carbonyl (C=O) groups excluding carboxylic acids is 1. The minimum atomic E-state index is -4.28. The number of hydrogen-bond donors (Lipinski definition) is 0. The molecule has 1 amide bonds. The van der Waals surface area contributed by atoms with E-state index in [4.69, 9.17) is 9.47 Å². The van der Waals surface area contributed by atoms with Crippen LogP contribution in [-0.2, 0) is 4.79 Å². The summed E-state index contributed by atoms with van der Waals surface area (Å²) in [4.78, 5) is 17.4. The van der Waals surface area contributed by atoms with Crippen molar-refractivity contribution in [3.63, 3.8) is 0 Å². The van der Waals surface area contributed by atoms with Crippen LogP contribution in [0.1, 0.15) is 26.7 Å². The number of likely N-dealkylation sites (tertiary alicyclic amines) is 1. The van der Waals surface area contributed by atoms with Gasteiger partial charge in [-0.15, -0.1) is 0 Å². The van der Waals surface area contributed by atoms with Crippen molar-refractivity contribution in [2.45, 2.75) is 39.0 Å². The molecule has 5 nitrogen and oxygen atoms in total. The first-order valence-corrected chi connectivity index (χ1v) is 7.86. The largest absolute Gasteiger partial charge is 0.478 e. The summed E-state index contributed by atoms with van der Waals surface area (Å²) in [5.74, 6) is -1.38. The third kappa shape index (κ3) is 5.01. The maximum atomic E-state index is 12.8. The number of carbonyl (C=O) groups is 1. The summed E-state index contributed by atoms with van der Waals surface area (Å²) in [6, 6.07) is 3.24. The molecule has 0 spiro atoms. The lowest BCUT2D eigenvalue weighted by Gasteiger charge is -2.33. The van der Waals surface area contributed by atoms with Gasteiger partial charge in [-0.1, -0.05) is 0 Å². The molecule has 1 fully saturated rings. The second kappa shape index (κ2) is 7.72. The predicted molar refractivity (Wildman–Crippen MR) is 80.9 cm³/mol. The molecule has 0 bridgehead atoms. The number of piperidine rings is 1. The van der Waals surface area contributed by atoms with Gasteiger partial charge in [-0.05, 0) is 38.8 Å². The van der Waals surface area contributed by atoms with E-state index in [-0.39, 0.29) is 31.6 Å². The first-order chi connectivity index (χ1) is 11.3. The van der Waals surface area contributed by atoms with Gasteiger partial charge >= 0.3 is 6.18 Å². The fourth-order valence-corrected chi connectivity index (χ4v) is 2.50. The lowest BCUT2D eigenvalue weighted by Crippen LogP contribution is -2.46. The Labute approximate surface area is 138 Å². The van der Waals surface area contributed by atoms with Crippen LogP contribution in [0.5, 0.6) is 11.6 Å². The van der Waals surface area contributed by atoms with Gasteiger partial charge in [-0.25, -0.2) is 4.98 Å². The molecule has 134 valence electrons. The van der Waals surface area contributed by atoms with Crippen LogP contribution in [0, 0.1) is 5.92 Å². The topological polar surface area (TPSA) is 51.7 Å². The van der Waals surface area contributed by atoms with Crippen LogP contribution >= 0.6 is 0 Å². The Morgan fingerprint density at radius 1 is 1.46 bits per heavy atom. The van der Waals surface area contributed by atoms with E-state index in [0.29, 0.717) is 18.7 Å². The summed E-state index contributed by atoms with van der Waals surface area (Å²) >= 11 is 0. The van der Waals surface area contributed by atoms with Crippen molar-refractivity contribution >= 4 is 5.91 Å². The van der Waals surface area contributed by atoms with Gasteiger partial charge in [0, 0.05) is 19.3 Å². The molecule has 1 atom stereocenters. The maximum Gasteiger partial charge on any atom is 0.393 e. The Kier molecular flexibility index (Phi) is 5.90. The quantitative estimate of drug-likeness (QED) is 0.822. The lowest BCUT2D eigenvalue weighted by atomic mass is 9.97. The van der Waals surface area contributed by atoms with Crippen molar-refractivity contribution in [2.24, 2.45) is 5.92 Å². The van der Waals surface area contributed by atoms with E-state index in [1.54, 1.807) is 12.1 Å². The van der Waals surface area contributed by atoms with Gasteiger partial charge in [0.1, 0.15) is 0 Å². The third-order valence-electron chi connectivity index (χ3n) is 3.67. The summed E-state index contributed by atoms with van der Waals surface area (Å²) < 4.78 is 49.3. The highest BCUT2D eigenvalue weighted by Gasteiger charge is 2.42. The molecule has 24 heavy (non-hydrogen) atoms. The lowest BCUT2D eigenvalue weighted by molar-refractivity contribution is -0.188. The summed E-state index contributed by atoms with van der Waals surface area (Å²) in [7, 11) is 0. The number of rotatable bonds is 5. The Morgan fingerprint density at radius 3 is 2.88 bits per heavy atom. The molecule has 0 radical (unpaired) electrons. The van der Waals surface area contributed by atoms with Crippen molar-refractivity contribution in [3.8, 4) is 11.6 Å². The Balaban J connectivity index is 1.94. The van der Waals surface area contributed by atoms with Gasteiger partial charge in [0.25, 0.3) is 11.8 Å². The zero-order valence-electron chi connectivity index (χ0n) is 13.7. The number of hydrogen-bond acceptors (Lipinski definition) is 4. The maximum absolute atomic E-state index is 12.8. The minimum absolute atomic E-state index is 0.0586. The smallest absolute Gasteiger partial charge is 0.393 e. The Bertz CT molecular complexity index is 564. The normalized spacial score (nSPS) is 18.6. The molecule has 1 aromatic heterocycles. The minimum Gasteiger partial charge on any atom is -0.478 e. The standard InChI is InChI=1S/C16H21F3N2O3/c1-11(2)24-15-13(6-3-7-20-15)23-10-14(22)21-8-4-5-12(9-21)16(17,18)19/h3,6-7,11-12H,4-5,8-10H2,1-2H3. The van der Waals surface area contributed by atoms with Crippen molar-refractivity contribution in [3.05, 3.63) is 18.3 Å². The van der Waals surface area contributed by atoms with Crippen LogP contribution in [0.2, 0.25) is 0 Å². The van der Waals surface area contributed by atoms with E-state index < -0.39 is 18.0 Å². The van der Waals surface area contributed by atoms with Crippen LogP contribution in [0.15, 0.2) is 18.3 Å². The fraction of sp³-hybridized carbons (Fsp3) is 0.625. The van der Waals surface area contributed by atoms with Crippen molar-refractivity contribution in [1.82, 2.24) is 9.88 Å². The zero-order chi connectivity index (χ0) is 17.7. The van der Waals surface area contributed by atoms with Gasteiger partial charge in [0.2, 0.25) is 0 Å². The van der Waals surface area contributed by atoms with E-state index in [1.807, 2.05) is 13.8 Å². The SMILES string of the molecule is CC(C)Oc1ncccc1OCC(=O)N1CCCC(C(F)(F)F)C1. The molecule has 1 aromatic rings. The average Bonchev–Trinajstić information content (AvgIpc) is 2.52. The molecule has 0 aliphatic carbocycles. The van der Waals surface area contributed by atoms with Crippen LogP contribution in [0.4, 0.5) is 13.2 Å². The van der Waals surface area contributed by atoms with E-state index in [9.17, 15) is 18.0 Å². The summed E-state index contributed by atoms with van der Waals surface area (Å²) in [5.41, 5.74) is 0. The molecule has 1 saturated heterocycles. The molecule has 0 saturated carbocycles. The zero-order valence-corrected chi connectivity index (χ0v) is 13.7. The van der Waals surface area contributed by atoms with E-state index in [1.165, 1.54) is 11.1 Å². The van der Waals surface area contributed by atoms with E-state index >= 15 is 0 Å². The molecule has 8 heteroatoms. The van der Waals surface area contributed by atoms with Gasteiger partial charge in [0.05, 0.1) is 12.0 Å². The number of alkyl halides is 3. The molecule has 1 aliphatic heterocycles.